The van der Waals surface area contributed by atoms with E-state index in [1.165, 1.54) is 11.1 Å². The SMILES string of the molecule is CNC(=O)Nc1ccc2c(ccn2Cc2ccc(C(C)C)cc2)c1. The summed E-state index contributed by atoms with van der Waals surface area (Å²) < 4.78 is 2.23. The number of rotatable bonds is 4. The van der Waals surface area contributed by atoms with Crippen molar-refractivity contribution < 1.29 is 4.79 Å². The molecule has 0 fully saturated rings. The summed E-state index contributed by atoms with van der Waals surface area (Å²) >= 11 is 0. The van der Waals surface area contributed by atoms with Gasteiger partial charge in [-0.2, -0.15) is 0 Å². The number of hydrogen-bond donors (Lipinski definition) is 2. The Morgan fingerprint density at radius 1 is 1.08 bits per heavy atom. The van der Waals surface area contributed by atoms with Gasteiger partial charge in [0.2, 0.25) is 0 Å². The smallest absolute Gasteiger partial charge is 0.318 e. The maximum absolute atomic E-state index is 11.4. The normalized spacial score (nSPS) is 11.0. The van der Waals surface area contributed by atoms with Crippen LogP contribution in [0.15, 0.2) is 54.7 Å². The maximum atomic E-state index is 11.4. The van der Waals surface area contributed by atoms with Crippen LogP contribution in [0.25, 0.3) is 10.9 Å². The lowest BCUT2D eigenvalue weighted by Crippen LogP contribution is -2.24. The highest BCUT2D eigenvalue weighted by atomic mass is 16.2. The van der Waals surface area contributed by atoms with Crippen molar-refractivity contribution in [3.63, 3.8) is 0 Å². The van der Waals surface area contributed by atoms with Crippen LogP contribution in [0.1, 0.15) is 30.9 Å². The molecule has 4 heteroatoms. The minimum absolute atomic E-state index is 0.209. The third kappa shape index (κ3) is 3.43. The van der Waals surface area contributed by atoms with Crippen LogP contribution in [0.2, 0.25) is 0 Å². The third-order valence-corrected chi connectivity index (χ3v) is 4.26. The Bertz CT molecular complexity index is 847. The summed E-state index contributed by atoms with van der Waals surface area (Å²) in [6.07, 6.45) is 2.09. The van der Waals surface area contributed by atoms with Crippen molar-refractivity contribution in [2.75, 3.05) is 12.4 Å². The fourth-order valence-corrected chi connectivity index (χ4v) is 2.81. The topological polar surface area (TPSA) is 46.1 Å². The first-order valence-corrected chi connectivity index (χ1v) is 8.23. The van der Waals surface area contributed by atoms with Gasteiger partial charge in [-0.25, -0.2) is 4.79 Å². The molecule has 3 rings (SSSR count). The second-order valence-electron chi connectivity index (χ2n) is 6.32. The number of urea groups is 1. The predicted molar refractivity (Wildman–Crippen MR) is 99.6 cm³/mol. The molecule has 4 nitrogen and oxygen atoms in total. The summed E-state index contributed by atoms with van der Waals surface area (Å²) in [6, 6.07) is 16.6. The number of amides is 2. The van der Waals surface area contributed by atoms with Crippen molar-refractivity contribution in [1.29, 1.82) is 0 Å². The van der Waals surface area contributed by atoms with Gasteiger partial charge in [0.15, 0.2) is 0 Å². The number of hydrogen-bond acceptors (Lipinski definition) is 1. The Balaban J connectivity index is 1.81. The second kappa shape index (κ2) is 6.79. The summed E-state index contributed by atoms with van der Waals surface area (Å²) in [5.74, 6) is 0.553. The van der Waals surface area contributed by atoms with E-state index in [0.29, 0.717) is 5.92 Å². The molecule has 124 valence electrons. The van der Waals surface area contributed by atoms with Crippen LogP contribution in [0.3, 0.4) is 0 Å². The van der Waals surface area contributed by atoms with Crippen LogP contribution in [0, 0.1) is 0 Å². The number of fused-ring (bicyclic) bond motifs is 1. The molecule has 2 aromatic carbocycles. The van der Waals surface area contributed by atoms with Crippen LogP contribution in [-0.4, -0.2) is 17.6 Å². The molecule has 3 aromatic rings. The van der Waals surface area contributed by atoms with Crippen molar-refractivity contribution in [2.24, 2.45) is 0 Å². The van der Waals surface area contributed by atoms with Crippen LogP contribution in [-0.2, 0) is 6.54 Å². The van der Waals surface area contributed by atoms with Gasteiger partial charge in [-0.05, 0) is 41.3 Å². The largest absolute Gasteiger partial charge is 0.343 e. The molecule has 0 spiro atoms. The first kappa shape index (κ1) is 16.1. The van der Waals surface area contributed by atoms with Crippen molar-refractivity contribution in [3.8, 4) is 0 Å². The van der Waals surface area contributed by atoms with Gasteiger partial charge in [-0.15, -0.1) is 0 Å². The molecular formula is C20H23N3O. The van der Waals surface area contributed by atoms with E-state index in [9.17, 15) is 4.79 Å². The number of nitrogens with one attached hydrogen (secondary N) is 2. The summed E-state index contributed by atoms with van der Waals surface area (Å²) in [5, 5.41) is 6.47. The predicted octanol–water partition coefficient (Wildman–Crippen LogP) is 4.56. The lowest BCUT2D eigenvalue weighted by molar-refractivity contribution is 0.254. The van der Waals surface area contributed by atoms with E-state index in [2.05, 4.69) is 65.6 Å². The van der Waals surface area contributed by atoms with Gasteiger partial charge in [-0.3, -0.25) is 0 Å². The molecule has 0 bridgehead atoms. The van der Waals surface area contributed by atoms with E-state index >= 15 is 0 Å². The Labute approximate surface area is 142 Å². The Kier molecular flexibility index (Phi) is 4.56. The number of nitrogens with zero attached hydrogens (tertiary/aromatic N) is 1. The van der Waals surface area contributed by atoms with E-state index in [4.69, 9.17) is 0 Å². The second-order valence-corrected chi connectivity index (χ2v) is 6.32. The highest BCUT2D eigenvalue weighted by molar-refractivity contribution is 5.92. The number of carbonyl (C=O) groups is 1. The Morgan fingerprint density at radius 2 is 1.83 bits per heavy atom. The molecule has 1 heterocycles. The lowest BCUT2D eigenvalue weighted by atomic mass is 10.0. The average Bonchev–Trinajstić information content (AvgIpc) is 2.97. The Hall–Kier alpha value is -2.75. The minimum Gasteiger partial charge on any atom is -0.343 e. The number of anilines is 1. The fraction of sp³-hybridized carbons (Fsp3) is 0.250. The standard InChI is InChI=1S/C20H23N3O/c1-14(2)16-6-4-15(5-7-16)13-23-11-10-17-12-18(8-9-19(17)23)22-20(24)21-3/h4-12,14H,13H2,1-3H3,(H2,21,22,24). The van der Waals surface area contributed by atoms with Crippen molar-refractivity contribution >= 4 is 22.6 Å². The molecule has 2 N–H and O–H groups in total. The van der Waals surface area contributed by atoms with Gasteiger partial charge in [0, 0.05) is 36.4 Å². The van der Waals surface area contributed by atoms with Gasteiger partial charge >= 0.3 is 6.03 Å². The van der Waals surface area contributed by atoms with Crippen molar-refractivity contribution in [3.05, 3.63) is 65.9 Å². The Morgan fingerprint density at radius 3 is 2.50 bits per heavy atom. The molecule has 0 aliphatic rings. The fourth-order valence-electron chi connectivity index (χ4n) is 2.81. The minimum atomic E-state index is -0.209. The molecular weight excluding hydrogens is 298 g/mol. The van der Waals surface area contributed by atoms with E-state index < -0.39 is 0 Å². The third-order valence-electron chi connectivity index (χ3n) is 4.26. The average molecular weight is 321 g/mol. The summed E-state index contributed by atoms with van der Waals surface area (Å²) in [4.78, 5) is 11.4. The van der Waals surface area contributed by atoms with E-state index in [1.807, 2.05) is 18.2 Å². The van der Waals surface area contributed by atoms with Crippen LogP contribution < -0.4 is 10.6 Å². The zero-order valence-corrected chi connectivity index (χ0v) is 14.3. The van der Waals surface area contributed by atoms with Gasteiger partial charge in [0.1, 0.15) is 0 Å². The summed E-state index contributed by atoms with van der Waals surface area (Å²) in [6.45, 7) is 5.25. The van der Waals surface area contributed by atoms with Gasteiger partial charge < -0.3 is 15.2 Å². The number of benzene rings is 2. The first-order valence-electron chi connectivity index (χ1n) is 8.23. The van der Waals surface area contributed by atoms with Crippen molar-refractivity contribution in [1.82, 2.24) is 9.88 Å². The molecule has 0 aliphatic carbocycles. The van der Waals surface area contributed by atoms with Crippen LogP contribution in [0.5, 0.6) is 0 Å². The highest BCUT2D eigenvalue weighted by Crippen LogP contribution is 2.22. The monoisotopic (exact) mass is 321 g/mol. The van der Waals surface area contributed by atoms with Gasteiger partial charge in [-0.1, -0.05) is 38.1 Å². The molecule has 0 radical (unpaired) electrons. The van der Waals surface area contributed by atoms with Crippen LogP contribution >= 0.6 is 0 Å². The molecule has 0 saturated carbocycles. The molecule has 0 unspecified atom stereocenters. The number of carbonyl (C=O) groups excluding carboxylic acids is 1. The van der Waals surface area contributed by atoms with Gasteiger partial charge in [0.05, 0.1) is 0 Å². The van der Waals surface area contributed by atoms with E-state index in [1.54, 1.807) is 7.05 Å². The zero-order valence-electron chi connectivity index (χ0n) is 14.3. The van der Waals surface area contributed by atoms with E-state index in [-0.39, 0.29) is 6.03 Å². The van der Waals surface area contributed by atoms with Crippen molar-refractivity contribution in [2.45, 2.75) is 26.3 Å². The molecule has 0 atom stereocenters. The zero-order chi connectivity index (χ0) is 17.1. The maximum Gasteiger partial charge on any atom is 0.318 e. The summed E-state index contributed by atoms with van der Waals surface area (Å²) in [5.41, 5.74) is 4.59. The highest BCUT2D eigenvalue weighted by Gasteiger charge is 2.05. The molecule has 1 aromatic heterocycles. The lowest BCUT2D eigenvalue weighted by Gasteiger charge is -2.09. The molecule has 0 saturated heterocycles. The number of aromatic nitrogens is 1. The summed E-state index contributed by atoms with van der Waals surface area (Å²) in [7, 11) is 1.61. The molecule has 0 aliphatic heterocycles. The van der Waals surface area contributed by atoms with E-state index in [0.717, 1.165) is 23.1 Å². The quantitative estimate of drug-likeness (QED) is 0.727. The molecule has 24 heavy (non-hydrogen) atoms. The van der Waals surface area contributed by atoms with Crippen LogP contribution in [0.4, 0.5) is 10.5 Å². The molecule has 2 amide bonds. The van der Waals surface area contributed by atoms with Gasteiger partial charge in [0.25, 0.3) is 0 Å². The first-order chi connectivity index (χ1) is 11.6.